The summed E-state index contributed by atoms with van der Waals surface area (Å²) in [5.74, 6) is 5.87. The third-order valence-electron chi connectivity index (χ3n) is 3.63. The van der Waals surface area contributed by atoms with Crippen LogP contribution in [0.3, 0.4) is 0 Å². The first-order chi connectivity index (χ1) is 9.26. The summed E-state index contributed by atoms with van der Waals surface area (Å²) in [6.07, 6.45) is 4.97. The van der Waals surface area contributed by atoms with E-state index in [2.05, 4.69) is 33.6 Å². The van der Waals surface area contributed by atoms with Crippen molar-refractivity contribution in [3.05, 3.63) is 41.1 Å². The van der Waals surface area contributed by atoms with Crippen molar-refractivity contribution >= 4 is 5.95 Å². The molecule has 1 aliphatic carbocycles. The average molecular weight is 254 g/mol. The first kappa shape index (κ1) is 12.1. The van der Waals surface area contributed by atoms with Gasteiger partial charge in [-0.3, -0.25) is 5.43 Å². The van der Waals surface area contributed by atoms with Crippen LogP contribution < -0.4 is 11.3 Å². The fraction of sp³-hybridized carbons (Fsp3) is 0.333. The Morgan fingerprint density at radius 2 is 1.84 bits per heavy atom. The van der Waals surface area contributed by atoms with Gasteiger partial charge in [-0.2, -0.15) is 0 Å². The number of anilines is 1. The maximum absolute atomic E-state index is 5.40. The number of nitrogens with zero attached hydrogens (tertiary/aromatic N) is 2. The fourth-order valence-electron chi connectivity index (χ4n) is 2.67. The number of nitrogens with one attached hydrogen (secondary N) is 1. The average Bonchev–Trinajstić information content (AvgIpc) is 2.46. The molecule has 0 radical (unpaired) electrons. The lowest BCUT2D eigenvalue weighted by atomic mass is 9.90. The molecule has 4 nitrogen and oxygen atoms in total. The summed E-state index contributed by atoms with van der Waals surface area (Å²) in [7, 11) is 0. The topological polar surface area (TPSA) is 63.8 Å². The largest absolute Gasteiger partial charge is 0.292 e. The molecule has 0 spiro atoms. The molecule has 0 amide bonds. The second kappa shape index (κ2) is 4.97. The molecule has 0 saturated heterocycles. The van der Waals surface area contributed by atoms with E-state index in [1.54, 1.807) is 0 Å². The second-order valence-corrected chi connectivity index (χ2v) is 5.05. The van der Waals surface area contributed by atoms with E-state index in [1.807, 2.05) is 13.0 Å². The Morgan fingerprint density at radius 1 is 1.05 bits per heavy atom. The minimum Gasteiger partial charge on any atom is -0.292 e. The number of fused-ring (bicyclic) bond motifs is 1. The highest BCUT2D eigenvalue weighted by Crippen LogP contribution is 2.27. The third-order valence-corrected chi connectivity index (χ3v) is 3.63. The maximum atomic E-state index is 5.40. The number of benzene rings is 1. The lowest BCUT2D eigenvalue weighted by Gasteiger charge is -2.16. The Balaban J connectivity index is 2.04. The van der Waals surface area contributed by atoms with Crippen molar-refractivity contribution in [2.45, 2.75) is 32.6 Å². The molecule has 98 valence electrons. The second-order valence-electron chi connectivity index (χ2n) is 5.05. The number of nitrogens with two attached hydrogens (primary N) is 1. The van der Waals surface area contributed by atoms with E-state index in [9.17, 15) is 0 Å². The minimum atomic E-state index is 0.465. The number of nitrogen functional groups attached to an aromatic ring is 1. The molecule has 2 aromatic rings. The predicted molar refractivity (Wildman–Crippen MR) is 76.7 cm³/mol. The molecule has 19 heavy (non-hydrogen) atoms. The Hall–Kier alpha value is -1.94. The Labute approximate surface area is 113 Å². The summed E-state index contributed by atoms with van der Waals surface area (Å²) >= 11 is 0. The van der Waals surface area contributed by atoms with Crippen molar-refractivity contribution in [1.82, 2.24) is 9.97 Å². The van der Waals surface area contributed by atoms with Gasteiger partial charge in [0.05, 0.1) is 5.69 Å². The summed E-state index contributed by atoms with van der Waals surface area (Å²) in [6.45, 7) is 1.95. The molecule has 3 rings (SSSR count). The maximum Gasteiger partial charge on any atom is 0.237 e. The zero-order chi connectivity index (χ0) is 13.2. The Morgan fingerprint density at radius 3 is 2.63 bits per heavy atom. The first-order valence-electron chi connectivity index (χ1n) is 6.71. The van der Waals surface area contributed by atoms with E-state index in [4.69, 9.17) is 5.84 Å². The van der Waals surface area contributed by atoms with E-state index >= 15 is 0 Å². The van der Waals surface area contributed by atoms with Gasteiger partial charge in [0.1, 0.15) is 0 Å². The minimum absolute atomic E-state index is 0.465. The van der Waals surface area contributed by atoms with Gasteiger partial charge in [-0.05, 0) is 55.9 Å². The predicted octanol–water partition coefficient (Wildman–Crippen LogP) is 2.62. The van der Waals surface area contributed by atoms with Crippen LogP contribution in [0.2, 0.25) is 0 Å². The SMILES string of the molecule is Cc1cc(-c2ccc3c(c2)CCCC3)nc(NN)n1. The standard InChI is InChI=1S/C15H18N4/c1-10-8-14(18-15(17-10)19-16)13-7-6-11-4-2-3-5-12(11)9-13/h6-9H,2-5,16H2,1H3,(H,17,18,19). The molecule has 0 aliphatic heterocycles. The van der Waals surface area contributed by atoms with Gasteiger partial charge in [0.15, 0.2) is 0 Å². The Kier molecular flexibility index (Phi) is 3.17. The molecule has 1 aromatic carbocycles. The Bertz CT molecular complexity index is 607. The van der Waals surface area contributed by atoms with Crippen molar-refractivity contribution in [1.29, 1.82) is 0 Å². The smallest absolute Gasteiger partial charge is 0.237 e. The van der Waals surface area contributed by atoms with Gasteiger partial charge >= 0.3 is 0 Å². The van der Waals surface area contributed by atoms with Gasteiger partial charge in [0.2, 0.25) is 5.95 Å². The molecule has 3 N–H and O–H groups in total. The molecule has 1 aromatic heterocycles. The highest BCUT2D eigenvalue weighted by atomic mass is 15.3. The van der Waals surface area contributed by atoms with Crippen molar-refractivity contribution in [2.75, 3.05) is 5.43 Å². The lowest BCUT2D eigenvalue weighted by molar-refractivity contribution is 0.686. The molecule has 0 atom stereocenters. The highest BCUT2D eigenvalue weighted by Gasteiger charge is 2.11. The summed E-state index contributed by atoms with van der Waals surface area (Å²) in [4.78, 5) is 8.64. The van der Waals surface area contributed by atoms with Gasteiger partial charge in [-0.25, -0.2) is 15.8 Å². The van der Waals surface area contributed by atoms with Gasteiger partial charge in [0.25, 0.3) is 0 Å². The van der Waals surface area contributed by atoms with Crippen molar-refractivity contribution in [3.63, 3.8) is 0 Å². The van der Waals surface area contributed by atoms with Crippen LogP contribution in [-0.2, 0) is 12.8 Å². The van der Waals surface area contributed by atoms with Crippen LogP contribution in [0.5, 0.6) is 0 Å². The normalized spacial score (nSPS) is 14.0. The van der Waals surface area contributed by atoms with Crippen LogP contribution in [0.25, 0.3) is 11.3 Å². The zero-order valence-corrected chi connectivity index (χ0v) is 11.1. The number of hydrogen-bond acceptors (Lipinski definition) is 4. The summed E-state index contributed by atoms with van der Waals surface area (Å²) < 4.78 is 0. The molecular formula is C15H18N4. The van der Waals surface area contributed by atoms with Crippen molar-refractivity contribution in [2.24, 2.45) is 5.84 Å². The number of aromatic nitrogens is 2. The van der Waals surface area contributed by atoms with Gasteiger partial charge < -0.3 is 0 Å². The molecule has 0 bridgehead atoms. The number of rotatable bonds is 2. The third kappa shape index (κ3) is 2.44. The van der Waals surface area contributed by atoms with Crippen molar-refractivity contribution < 1.29 is 0 Å². The fourth-order valence-corrected chi connectivity index (χ4v) is 2.67. The molecular weight excluding hydrogens is 236 g/mol. The number of aryl methyl sites for hydroxylation is 3. The van der Waals surface area contributed by atoms with E-state index in [1.165, 1.54) is 36.8 Å². The summed E-state index contributed by atoms with van der Waals surface area (Å²) in [5.41, 5.74) is 8.44. The number of hydrazine groups is 1. The van der Waals surface area contributed by atoms with E-state index < -0.39 is 0 Å². The van der Waals surface area contributed by atoms with Crippen LogP contribution in [-0.4, -0.2) is 9.97 Å². The lowest BCUT2D eigenvalue weighted by Crippen LogP contribution is -2.11. The van der Waals surface area contributed by atoms with E-state index in [0.29, 0.717) is 5.95 Å². The molecule has 0 unspecified atom stereocenters. The van der Waals surface area contributed by atoms with Crippen LogP contribution in [0.15, 0.2) is 24.3 Å². The quantitative estimate of drug-likeness (QED) is 0.638. The van der Waals surface area contributed by atoms with Crippen LogP contribution in [0.1, 0.15) is 29.7 Å². The highest BCUT2D eigenvalue weighted by molar-refractivity contribution is 5.62. The zero-order valence-electron chi connectivity index (χ0n) is 11.1. The summed E-state index contributed by atoms with van der Waals surface area (Å²) in [6, 6.07) is 8.63. The first-order valence-corrected chi connectivity index (χ1v) is 6.71. The molecule has 1 aliphatic rings. The van der Waals surface area contributed by atoms with Crippen LogP contribution >= 0.6 is 0 Å². The molecule has 4 heteroatoms. The van der Waals surface area contributed by atoms with Gasteiger partial charge in [-0.15, -0.1) is 0 Å². The summed E-state index contributed by atoms with van der Waals surface area (Å²) in [5, 5.41) is 0. The van der Waals surface area contributed by atoms with Gasteiger partial charge in [0, 0.05) is 11.3 Å². The van der Waals surface area contributed by atoms with Crippen LogP contribution in [0, 0.1) is 6.92 Å². The van der Waals surface area contributed by atoms with E-state index in [0.717, 1.165) is 17.0 Å². The molecule has 0 fully saturated rings. The van der Waals surface area contributed by atoms with Crippen LogP contribution in [0.4, 0.5) is 5.95 Å². The molecule has 0 saturated carbocycles. The number of hydrogen-bond donors (Lipinski definition) is 2. The monoisotopic (exact) mass is 254 g/mol. The van der Waals surface area contributed by atoms with Gasteiger partial charge in [-0.1, -0.05) is 12.1 Å². The molecule has 1 heterocycles. The van der Waals surface area contributed by atoms with Crippen molar-refractivity contribution in [3.8, 4) is 11.3 Å². The van der Waals surface area contributed by atoms with E-state index in [-0.39, 0.29) is 0 Å².